The van der Waals surface area contributed by atoms with Crippen molar-refractivity contribution in [3.05, 3.63) is 30.3 Å². The topological polar surface area (TPSA) is 50.4 Å². The minimum absolute atomic E-state index is 0.0857. The van der Waals surface area contributed by atoms with Gasteiger partial charge in [-0.1, -0.05) is 25.1 Å². The maximum absolute atomic E-state index is 11.7. The number of benzene rings is 1. The zero-order valence-corrected chi connectivity index (χ0v) is 12.6. The number of thioether (sulfide) groups is 1. The number of rotatable bonds is 6. The molecule has 1 aromatic carbocycles. The Morgan fingerprint density at radius 1 is 1.40 bits per heavy atom. The van der Waals surface area contributed by atoms with Crippen LogP contribution in [0, 0.1) is 5.92 Å². The zero-order valence-electron chi connectivity index (χ0n) is 11.8. The van der Waals surface area contributed by atoms with Gasteiger partial charge in [0.2, 0.25) is 0 Å². The van der Waals surface area contributed by atoms with Gasteiger partial charge in [0.1, 0.15) is 0 Å². The first-order valence-corrected chi connectivity index (χ1v) is 7.93. The maximum atomic E-state index is 11.7. The second-order valence-corrected chi connectivity index (χ2v) is 6.57. The van der Waals surface area contributed by atoms with Crippen LogP contribution in [0.5, 0.6) is 0 Å². The summed E-state index contributed by atoms with van der Waals surface area (Å²) in [5.74, 6) is 0.469. The zero-order chi connectivity index (χ0) is 14.2. The number of urea groups is 1. The van der Waals surface area contributed by atoms with Gasteiger partial charge in [0.15, 0.2) is 0 Å². The maximum Gasteiger partial charge on any atom is 0.314 e. The molecule has 5 heteroatoms. The summed E-state index contributed by atoms with van der Waals surface area (Å²) in [5, 5.41) is 6.16. The number of ether oxygens (including phenoxy) is 1. The fourth-order valence-electron chi connectivity index (χ4n) is 2.05. The van der Waals surface area contributed by atoms with Gasteiger partial charge in [0, 0.05) is 35.8 Å². The molecule has 2 rings (SSSR count). The van der Waals surface area contributed by atoms with Gasteiger partial charge >= 0.3 is 6.03 Å². The molecule has 2 amide bonds. The van der Waals surface area contributed by atoms with Crippen LogP contribution < -0.4 is 10.6 Å². The summed E-state index contributed by atoms with van der Waals surface area (Å²) in [6.45, 7) is 5.06. The molecular weight excluding hydrogens is 272 g/mol. The van der Waals surface area contributed by atoms with Crippen molar-refractivity contribution in [3.8, 4) is 0 Å². The molecule has 0 radical (unpaired) electrons. The third-order valence-corrected chi connectivity index (χ3v) is 4.32. The SMILES string of the molecule is C[C@@H](CNC(=O)NC[C@@H]1CCOC1)Sc1ccccc1. The van der Waals surface area contributed by atoms with Gasteiger partial charge < -0.3 is 15.4 Å². The molecule has 0 aromatic heterocycles. The van der Waals surface area contributed by atoms with Crippen LogP contribution in [0.3, 0.4) is 0 Å². The van der Waals surface area contributed by atoms with E-state index in [4.69, 9.17) is 4.74 Å². The average molecular weight is 294 g/mol. The Morgan fingerprint density at radius 2 is 2.20 bits per heavy atom. The monoisotopic (exact) mass is 294 g/mol. The molecule has 110 valence electrons. The highest BCUT2D eigenvalue weighted by Gasteiger charge is 2.16. The molecule has 4 nitrogen and oxygen atoms in total. The van der Waals surface area contributed by atoms with E-state index in [1.54, 1.807) is 11.8 Å². The van der Waals surface area contributed by atoms with Crippen LogP contribution in [0.15, 0.2) is 35.2 Å². The van der Waals surface area contributed by atoms with E-state index in [1.165, 1.54) is 4.90 Å². The summed E-state index contributed by atoms with van der Waals surface area (Å²) < 4.78 is 5.28. The molecule has 20 heavy (non-hydrogen) atoms. The molecule has 1 aliphatic rings. The summed E-state index contributed by atoms with van der Waals surface area (Å²) in [4.78, 5) is 12.9. The van der Waals surface area contributed by atoms with Crippen molar-refractivity contribution in [1.82, 2.24) is 10.6 Å². The Balaban J connectivity index is 1.60. The molecule has 1 aromatic rings. The van der Waals surface area contributed by atoms with Crippen LogP contribution in [-0.2, 0) is 4.74 Å². The van der Waals surface area contributed by atoms with Gasteiger partial charge in [-0.05, 0) is 18.6 Å². The van der Waals surface area contributed by atoms with Crippen molar-refractivity contribution in [2.24, 2.45) is 5.92 Å². The minimum Gasteiger partial charge on any atom is -0.381 e. The predicted octanol–water partition coefficient (Wildman–Crippen LogP) is 2.50. The third kappa shape index (κ3) is 5.43. The number of carbonyl (C=O) groups is 1. The Bertz CT molecular complexity index is 408. The van der Waals surface area contributed by atoms with Crippen molar-refractivity contribution in [2.75, 3.05) is 26.3 Å². The molecule has 1 aliphatic heterocycles. The number of hydrogen-bond donors (Lipinski definition) is 2. The molecule has 2 atom stereocenters. The first kappa shape index (κ1) is 15.2. The lowest BCUT2D eigenvalue weighted by Crippen LogP contribution is -2.40. The van der Waals surface area contributed by atoms with Gasteiger partial charge in [-0.15, -0.1) is 11.8 Å². The number of carbonyl (C=O) groups excluding carboxylic acids is 1. The van der Waals surface area contributed by atoms with Crippen LogP contribution in [0.1, 0.15) is 13.3 Å². The minimum atomic E-state index is -0.0857. The van der Waals surface area contributed by atoms with Crippen molar-refractivity contribution in [3.63, 3.8) is 0 Å². The molecule has 2 N–H and O–H groups in total. The lowest BCUT2D eigenvalue weighted by molar-refractivity contribution is 0.185. The average Bonchev–Trinajstić information content (AvgIpc) is 2.97. The van der Waals surface area contributed by atoms with E-state index in [2.05, 4.69) is 29.7 Å². The van der Waals surface area contributed by atoms with E-state index in [9.17, 15) is 4.79 Å². The summed E-state index contributed by atoms with van der Waals surface area (Å²) in [5.41, 5.74) is 0. The van der Waals surface area contributed by atoms with Crippen molar-refractivity contribution in [2.45, 2.75) is 23.5 Å². The second kappa shape index (κ2) is 8.17. The lowest BCUT2D eigenvalue weighted by Gasteiger charge is -2.14. The Hall–Kier alpha value is -1.20. The van der Waals surface area contributed by atoms with Crippen LogP contribution >= 0.6 is 11.8 Å². The number of amides is 2. The van der Waals surface area contributed by atoms with Crippen LogP contribution in [0.2, 0.25) is 0 Å². The second-order valence-electron chi connectivity index (χ2n) is 5.06. The van der Waals surface area contributed by atoms with Gasteiger partial charge in [-0.3, -0.25) is 0 Å². The van der Waals surface area contributed by atoms with E-state index in [0.717, 1.165) is 19.6 Å². The van der Waals surface area contributed by atoms with Gasteiger partial charge in [-0.25, -0.2) is 4.79 Å². The molecule has 1 heterocycles. The third-order valence-electron chi connectivity index (χ3n) is 3.21. The number of hydrogen-bond acceptors (Lipinski definition) is 3. The van der Waals surface area contributed by atoms with Gasteiger partial charge in [-0.2, -0.15) is 0 Å². The molecule has 1 saturated heterocycles. The molecule has 0 bridgehead atoms. The standard InChI is InChI=1S/C15H22N2O2S/c1-12(20-14-5-3-2-4-6-14)9-16-15(18)17-10-13-7-8-19-11-13/h2-6,12-13H,7-11H2,1H3,(H2,16,17,18)/t12-,13-/m0/s1. The first-order valence-electron chi connectivity index (χ1n) is 7.05. The summed E-state index contributed by atoms with van der Waals surface area (Å²) >= 11 is 1.77. The van der Waals surface area contributed by atoms with E-state index >= 15 is 0 Å². The molecule has 1 fully saturated rings. The van der Waals surface area contributed by atoms with Gasteiger partial charge in [0.25, 0.3) is 0 Å². The molecule has 0 saturated carbocycles. The van der Waals surface area contributed by atoms with Crippen LogP contribution in [0.25, 0.3) is 0 Å². The molecular formula is C15H22N2O2S. The quantitative estimate of drug-likeness (QED) is 0.793. The predicted molar refractivity (Wildman–Crippen MR) is 82.1 cm³/mol. The van der Waals surface area contributed by atoms with E-state index < -0.39 is 0 Å². The van der Waals surface area contributed by atoms with Gasteiger partial charge in [0.05, 0.1) is 6.61 Å². The Labute approximate surface area is 124 Å². The van der Waals surface area contributed by atoms with Crippen molar-refractivity contribution in [1.29, 1.82) is 0 Å². The Kier molecular flexibility index (Phi) is 6.21. The first-order chi connectivity index (χ1) is 9.74. The summed E-state index contributed by atoms with van der Waals surface area (Å²) in [7, 11) is 0. The Morgan fingerprint density at radius 3 is 2.90 bits per heavy atom. The summed E-state index contributed by atoms with van der Waals surface area (Å²) in [6.07, 6.45) is 1.04. The van der Waals surface area contributed by atoms with Crippen molar-refractivity contribution < 1.29 is 9.53 Å². The summed E-state index contributed by atoms with van der Waals surface area (Å²) in [6, 6.07) is 10.1. The fourth-order valence-corrected chi connectivity index (χ4v) is 3.00. The highest BCUT2D eigenvalue weighted by atomic mass is 32.2. The van der Waals surface area contributed by atoms with E-state index in [1.807, 2.05) is 18.2 Å². The molecule has 0 aliphatic carbocycles. The highest BCUT2D eigenvalue weighted by Crippen LogP contribution is 2.21. The number of nitrogens with one attached hydrogen (secondary N) is 2. The normalized spacial score (nSPS) is 19.6. The largest absolute Gasteiger partial charge is 0.381 e. The van der Waals surface area contributed by atoms with Crippen molar-refractivity contribution >= 4 is 17.8 Å². The molecule has 0 spiro atoms. The molecule has 0 unspecified atom stereocenters. The highest BCUT2D eigenvalue weighted by molar-refractivity contribution is 8.00. The fraction of sp³-hybridized carbons (Fsp3) is 0.533. The van der Waals surface area contributed by atoms with E-state index in [0.29, 0.717) is 24.3 Å². The smallest absolute Gasteiger partial charge is 0.314 e. The van der Waals surface area contributed by atoms with E-state index in [-0.39, 0.29) is 6.03 Å². The lowest BCUT2D eigenvalue weighted by atomic mass is 10.1. The van der Waals surface area contributed by atoms with Crippen LogP contribution in [-0.4, -0.2) is 37.6 Å². The van der Waals surface area contributed by atoms with Crippen LogP contribution in [0.4, 0.5) is 4.79 Å².